The number of aromatic nitrogens is 3. The van der Waals surface area contributed by atoms with Crippen LogP contribution in [0.1, 0.15) is 35.7 Å². The summed E-state index contributed by atoms with van der Waals surface area (Å²) in [5.41, 5.74) is 1.72. The number of hydrogen-bond acceptors (Lipinski definition) is 6. The molecule has 3 heterocycles. The average Bonchev–Trinajstić information content (AvgIpc) is 2.76. The number of methoxy groups -OCH3 is 1. The van der Waals surface area contributed by atoms with Gasteiger partial charge in [-0.05, 0) is 44.4 Å². The van der Waals surface area contributed by atoms with E-state index in [2.05, 4.69) is 10.3 Å². The van der Waals surface area contributed by atoms with Crippen LogP contribution in [0.15, 0.2) is 29.2 Å². The van der Waals surface area contributed by atoms with Gasteiger partial charge in [-0.2, -0.15) is 0 Å². The highest BCUT2D eigenvalue weighted by atomic mass is 16.5. The van der Waals surface area contributed by atoms with Crippen molar-refractivity contribution in [1.29, 1.82) is 5.41 Å². The van der Waals surface area contributed by atoms with Crippen LogP contribution in [0.25, 0.3) is 16.7 Å². The number of hydrogen-bond donors (Lipinski definition) is 2. The molecular formula is C22H29N5O4. The molecule has 0 fully saturated rings. The maximum atomic E-state index is 13.2. The minimum Gasteiger partial charge on any atom is -0.385 e. The standard InChI is InChI=1S/C22H29N5O4/c1-4-31-12-6-10-26-19(23)16(21(28)24-9-5-11-30-3)13-17-20(26)25-18-8-7-15(2)14-27(18)22(17)29/h7-8,13-14,23H,4-6,9-12H2,1-3H3,(H,24,28). The zero-order chi connectivity index (χ0) is 22.4. The molecule has 0 atom stereocenters. The van der Waals surface area contributed by atoms with E-state index in [0.717, 1.165) is 5.56 Å². The van der Waals surface area contributed by atoms with Crippen LogP contribution in [0.5, 0.6) is 0 Å². The van der Waals surface area contributed by atoms with Gasteiger partial charge in [-0.25, -0.2) is 4.98 Å². The minimum atomic E-state index is -0.393. The van der Waals surface area contributed by atoms with Gasteiger partial charge in [0.1, 0.15) is 16.8 Å². The second-order valence-corrected chi connectivity index (χ2v) is 7.30. The van der Waals surface area contributed by atoms with E-state index in [-0.39, 0.29) is 16.6 Å². The first-order valence-corrected chi connectivity index (χ1v) is 10.4. The van der Waals surface area contributed by atoms with Crippen LogP contribution in [-0.2, 0) is 16.0 Å². The van der Waals surface area contributed by atoms with Crippen LogP contribution < -0.4 is 16.4 Å². The molecular weight excluding hydrogens is 398 g/mol. The number of fused-ring (bicyclic) bond motifs is 2. The van der Waals surface area contributed by atoms with E-state index in [1.54, 1.807) is 23.9 Å². The van der Waals surface area contributed by atoms with Crippen molar-refractivity contribution in [2.45, 2.75) is 33.2 Å². The molecule has 1 amide bonds. The smallest absolute Gasteiger partial charge is 0.267 e. The summed E-state index contributed by atoms with van der Waals surface area (Å²) in [6.45, 7) is 6.30. The van der Waals surface area contributed by atoms with E-state index in [9.17, 15) is 9.59 Å². The topological polar surface area (TPSA) is 111 Å². The van der Waals surface area contributed by atoms with E-state index in [4.69, 9.17) is 14.9 Å². The number of nitrogens with zero attached hydrogens (tertiary/aromatic N) is 3. The Morgan fingerprint density at radius 1 is 1.26 bits per heavy atom. The van der Waals surface area contributed by atoms with Gasteiger partial charge < -0.3 is 19.4 Å². The third-order valence-electron chi connectivity index (χ3n) is 4.98. The lowest BCUT2D eigenvalue weighted by Gasteiger charge is -2.15. The first kappa shape index (κ1) is 22.6. The molecule has 2 N–H and O–H groups in total. The zero-order valence-electron chi connectivity index (χ0n) is 18.2. The fourth-order valence-electron chi connectivity index (χ4n) is 3.42. The van der Waals surface area contributed by atoms with Gasteiger partial charge in [-0.15, -0.1) is 0 Å². The van der Waals surface area contributed by atoms with Crippen molar-refractivity contribution in [3.05, 3.63) is 51.4 Å². The third-order valence-corrected chi connectivity index (χ3v) is 4.98. The lowest BCUT2D eigenvalue weighted by Crippen LogP contribution is -2.35. The first-order chi connectivity index (χ1) is 15.0. The highest BCUT2D eigenvalue weighted by molar-refractivity contribution is 5.96. The summed E-state index contributed by atoms with van der Waals surface area (Å²) < 4.78 is 13.5. The molecule has 0 saturated carbocycles. The normalized spacial score (nSPS) is 11.3. The highest BCUT2D eigenvalue weighted by Crippen LogP contribution is 2.12. The van der Waals surface area contributed by atoms with Crippen LogP contribution in [0.3, 0.4) is 0 Å². The second kappa shape index (κ2) is 10.3. The molecule has 0 saturated heterocycles. The molecule has 9 heteroatoms. The number of aryl methyl sites for hydroxylation is 2. The van der Waals surface area contributed by atoms with E-state index in [1.165, 1.54) is 10.5 Å². The molecule has 0 aliphatic carbocycles. The second-order valence-electron chi connectivity index (χ2n) is 7.30. The van der Waals surface area contributed by atoms with Crippen LogP contribution in [0.4, 0.5) is 0 Å². The Morgan fingerprint density at radius 2 is 2.06 bits per heavy atom. The summed E-state index contributed by atoms with van der Waals surface area (Å²) in [4.78, 5) is 30.7. The summed E-state index contributed by atoms with van der Waals surface area (Å²) in [5, 5.41) is 11.8. The number of ether oxygens (including phenoxy) is 2. The van der Waals surface area contributed by atoms with Gasteiger partial charge in [0.15, 0.2) is 0 Å². The summed E-state index contributed by atoms with van der Waals surface area (Å²) in [7, 11) is 1.60. The Morgan fingerprint density at radius 3 is 2.81 bits per heavy atom. The summed E-state index contributed by atoms with van der Waals surface area (Å²) >= 11 is 0. The van der Waals surface area contributed by atoms with Crippen molar-refractivity contribution >= 4 is 22.6 Å². The lowest BCUT2D eigenvalue weighted by molar-refractivity contribution is 0.0946. The van der Waals surface area contributed by atoms with Gasteiger partial charge in [-0.3, -0.25) is 19.4 Å². The number of rotatable bonds is 10. The van der Waals surface area contributed by atoms with Crippen molar-refractivity contribution in [2.24, 2.45) is 0 Å². The van der Waals surface area contributed by atoms with Crippen molar-refractivity contribution in [2.75, 3.05) is 33.5 Å². The van der Waals surface area contributed by atoms with Gasteiger partial charge in [0.25, 0.3) is 11.5 Å². The minimum absolute atomic E-state index is 0.0246. The number of carbonyl (C=O) groups is 1. The van der Waals surface area contributed by atoms with Crippen LogP contribution in [0, 0.1) is 12.3 Å². The van der Waals surface area contributed by atoms with Crippen LogP contribution >= 0.6 is 0 Å². The summed E-state index contributed by atoms with van der Waals surface area (Å²) in [5.74, 6) is -0.393. The molecule has 3 aromatic heterocycles. The summed E-state index contributed by atoms with van der Waals surface area (Å²) in [6, 6.07) is 5.14. The van der Waals surface area contributed by atoms with E-state index in [0.29, 0.717) is 62.4 Å². The highest BCUT2D eigenvalue weighted by Gasteiger charge is 2.17. The monoisotopic (exact) mass is 427 g/mol. The van der Waals surface area contributed by atoms with Gasteiger partial charge in [0.05, 0.1) is 10.9 Å². The lowest BCUT2D eigenvalue weighted by atomic mass is 10.2. The van der Waals surface area contributed by atoms with Gasteiger partial charge in [0.2, 0.25) is 0 Å². The molecule has 3 aromatic rings. The van der Waals surface area contributed by atoms with Crippen molar-refractivity contribution in [1.82, 2.24) is 19.3 Å². The molecule has 0 spiro atoms. The average molecular weight is 428 g/mol. The van der Waals surface area contributed by atoms with Crippen molar-refractivity contribution in [3.8, 4) is 0 Å². The van der Waals surface area contributed by atoms with Gasteiger partial charge in [-0.1, -0.05) is 6.07 Å². The molecule has 31 heavy (non-hydrogen) atoms. The van der Waals surface area contributed by atoms with E-state index < -0.39 is 5.91 Å². The molecule has 0 unspecified atom stereocenters. The number of amides is 1. The Balaban J connectivity index is 2.13. The van der Waals surface area contributed by atoms with Crippen molar-refractivity contribution < 1.29 is 14.3 Å². The molecule has 166 valence electrons. The van der Waals surface area contributed by atoms with Gasteiger partial charge >= 0.3 is 0 Å². The molecule has 0 aliphatic heterocycles. The predicted molar refractivity (Wildman–Crippen MR) is 117 cm³/mol. The molecule has 0 aliphatic rings. The summed E-state index contributed by atoms with van der Waals surface area (Å²) in [6.07, 6.45) is 3.02. The molecule has 0 bridgehead atoms. The number of nitrogens with one attached hydrogen (secondary N) is 2. The first-order valence-electron chi connectivity index (χ1n) is 10.4. The zero-order valence-corrected chi connectivity index (χ0v) is 18.2. The maximum Gasteiger partial charge on any atom is 0.267 e. The quantitative estimate of drug-likeness (QED) is 0.377. The Bertz CT molecular complexity index is 1200. The number of carbonyl (C=O) groups excluding carboxylic acids is 1. The van der Waals surface area contributed by atoms with Crippen LogP contribution in [-0.4, -0.2) is 53.3 Å². The van der Waals surface area contributed by atoms with Crippen molar-refractivity contribution in [3.63, 3.8) is 0 Å². The predicted octanol–water partition coefficient (Wildman–Crippen LogP) is 1.63. The van der Waals surface area contributed by atoms with Gasteiger partial charge in [0, 0.05) is 46.2 Å². The number of pyridine rings is 2. The Hall–Kier alpha value is -3.04. The maximum absolute atomic E-state index is 13.2. The van der Waals surface area contributed by atoms with Crippen LogP contribution in [0.2, 0.25) is 0 Å². The Labute approximate surface area is 180 Å². The largest absolute Gasteiger partial charge is 0.385 e. The molecule has 3 rings (SSSR count). The fourth-order valence-corrected chi connectivity index (χ4v) is 3.42. The molecule has 0 radical (unpaired) electrons. The van der Waals surface area contributed by atoms with E-state index in [1.807, 2.05) is 19.9 Å². The third kappa shape index (κ3) is 5.00. The Kier molecular flexibility index (Phi) is 7.54. The molecule has 9 nitrogen and oxygen atoms in total. The SMILES string of the molecule is CCOCCCn1c(=N)c(C(=O)NCCCOC)cc2c(=O)n3cc(C)ccc3nc21. The fraction of sp³-hybridized carbons (Fsp3) is 0.455. The molecule has 0 aromatic carbocycles. The van der Waals surface area contributed by atoms with E-state index >= 15 is 0 Å².